The van der Waals surface area contributed by atoms with Gasteiger partial charge in [0.25, 0.3) is 0 Å². The fraction of sp³-hybridized carbons (Fsp3) is 0.0588. The Balaban J connectivity index is 1.13. The Morgan fingerprint density at radius 1 is 0.358 bits per heavy atom. The van der Waals surface area contributed by atoms with Crippen LogP contribution in [0.25, 0.3) is 88.8 Å². The second kappa shape index (κ2) is 12.3. The van der Waals surface area contributed by atoms with E-state index in [1.165, 1.54) is 60.7 Å². The number of fused-ring (bicyclic) bond motifs is 5. The third-order valence-corrected chi connectivity index (χ3v) is 11.1. The van der Waals surface area contributed by atoms with Gasteiger partial charge in [0, 0.05) is 22.1 Å². The van der Waals surface area contributed by atoms with Gasteiger partial charge in [0.05, 0.1) is 11.4 Å². The summed E-state index contributed by atoms with van der Waals surface area (Å²) in [6.07, 6.45) is 0. The van der Waals surface area contributed by atoms with Crippen molar-refractivity contribution in [2.75, 3.05) is 0 Å². The van der Waals surface area contributed by atoms with Crippen LogP contribution in [0.2, 0.25) is 0 Å². The highest BCUT2D eigenvalue weighted by Crippen LogP contribution is 2.53. The van der Waals surface area contributed by atoms with Crippen LogP contribution >= 0.6 is 0 Å². The summed E-state index contributed by atoms with van der Waals surface area (Å²) in [6, 6.07) is 65.3. The molecule has 10 rings (SSSR count). The third kappa shape index (κ3) is 5.10. The standard InChI is InChI=1S/C51H36N2/c1-51(2)45-24-11-10-21-44(45)49-42(23-13-25-46(49)51)41-30-31-43(40-20-9-8-19-39(40)41)50-52-47(35-15-4-3-5-16-35)32-48(53-50)36-28-26-34(27-29-36)38-22-12-17-33-14-6-7-18-37(33)38/h3-32H,1-2H3. The Morgan fingerprint density at radius 3 is 1.68 bits per heavy atom. The lowest BCUT2D eigenvalue weighted by Crippen LogP contribution is -2.14. The van der Waals surface area contributed by atoms with Crippen LogP contribution in [0, 0.1) is 0 Å². The van der Waals surface area contributed by atoms with Crippen molar-refractivity contribution >= 4 is 21.5 Å². The molecule has 1 heterocycles. The lowest BCUT2D eigenvalue weighted by atomic mass is 9.81. The van der Waals surface area contributed by atoms with Gasteiger partial charge in [-0.25, -0.2) is 9.97 Å². The van der Waals surface area contributed by atoms with E-state index in [1.807, 2.05) is 6.07 Å². The van der Waals surface area contributed by atoms with Crippen LogP contribution in [0.3, 0.4) is 0 Å². The van der Waals surface area contributed by atoms with E-state index in [-0.39, 0.29) is 5.41 Å². The van der Waals surface area contributed by atoms with Gasteiger partial charge in [-0.1, -0.05) is 184 Å². The number of hydrogen-bond acceptors (Lipinski definition) is 2. The molecule has 0 saturated heterocycles. The third-order valence-electron chi connectivity index (χ3n) is 11.1. The molecule has 1 aliphatic rings. The monoisotopic (exact) mass is 676 g/mol. The first-order valence-electron chi connectivity index (χ1n) is 18.3. The molecule has 0 atom stereocenters. The molecule has 0 unspecified atom stereocenters. The van der Waals surface area contributed by atoms with Crippen molar-refractivity contribution in [3.05, 3.63) is 193 Å². The first-order chi connectivity index (χ1) is 26.0. The van der Waals surface area contributed by atoms with Crippen LogP contribution in [0.5, 0.6) is 0 Å². The van der Waals surface area contributed by atoms with Crippen LogP contribution in [0.15, 0.2) is 182 Å². The zero-order valence-electron chi connectivity index (χ0n) is 29.7. The summed E-state index contributed by atoms with van der Waals surface area (Å²) in [6.45, 7) is 4.68. The normalized spacial score (nSPS) is 12.9. The lowest BCUT2D eigenvalue weighted by molar-refractivity contribution is 0.660. The van der Waals surface area contributed by atoms with Crippen molar-refractivity contribution < 1.29 is 0 Å². The molecule has 250 valence electrons. The summed E-state index contributed by atoms with van der Waals surface area (Å²) < 4.78 is 0. The van der Waals surface area contributed by atoms with Gasteiger partial charge >= 0.3 is 0 Å². The predicted molar refractivity (Wildman–Crippen MR) is 222 cm³/mol. The fourth-order valence-electron chi connectivity index (χ4n) is 8.48. The van der Waals surface area contributed by atoms with Gasteiger partial charge in [0.15, 0.2) is 5.82 Å². The minimum absolute atomic E-state index is 0.0626. The van der Waals surface area contributed by atoms with E-state index in [1.54, 1.807) is 0 Å². The van der Waals surface area contributed by atoms with Crippen molar-refractivity contribution in [2.24, 2.45) is 0 Å². The number of nitrogens with zero attached hydrogens (tertiary/aromatic N) is 2. The summed E-state index contributed by atoms with van der Waals surface area (Å²) in [5, 5.41) is 4.82. The van der Waals surface area contributed by atoms with Crippen LogP contribution in [-0.2, 0) is 5.41 Å². The van der Waals surface area contributed by atoms with E-state index >= 15 is 0 Å². The predicted octanol–water partition coefficient (Wildman–Crippen LogP) is 13.4. The van der Waals surface area contributed by atoms with Crippen LogP contribution in [0.1, 0.15) is 25.0 Å². The van der Waals surface area contributed by atoms with Crippen LogP contribution in [-0.4, -0.2) is 9.97 Å². The van der Waals surface area contributed by atoms with Crippen molar-refractivity contribution in [1.29, 1.82) is 0 Å². The largest absolute Gasteiger partial charge is 0.228 e. The average Bonchev–Trinajstić information content (AvgIpc) is 3.46. The zero-order valence-corrected chi connectivity index (χ0v) is 29.7. The Labute approximate surface area is 310 Å². The Hall–Kier alpha value is -6.64. The Morgan fingerprint density at radius 2 is 0.887 bits per heavy atom. The summed E-state index contributed by atoms with van der Waals surface area (Å²) in [5.41, 5.74) is 15.2. The molecule has 2 heteroatoms. The molecule has 0 saturated carbocycles. The minimum Gasteiger partial charge on any atom is -0.228 e. The topological polar surface area (TPSA) is 25.8 Å². The molecule has 8 aromatic carbocycles. The molecule has 0 bridgehead atoms. The maximum absolute atomic E-state index is 5.30. The Bertz CT molecular complexity index is 2840. The number of benzene rings is 8. The molecule has 0 amide bonds. The maximum Gasteiger partial charge on any atom is 0.161 e. The molecule has 1 aromatic heterocycles. The molecule has 1 aliphatic carbocycles. The fourth-order valence-corrected chi connectivity index (χ4v) is 8.48. The van der Waals surface area contributed by atoms with Crippen molar-refractivity contribution in [3.63, 3.8) is 0 Å². The van der Waals surface area contributed by atoms with E-state index in [9.17, 15) is 0 Å². The Kier molecular flexibility index (Phi) is 7.19. The van der Waals surface area contributed by atoms with Gasteiger partial charge in [0.2, 0.25) is 0 Å². The van der Waals surface area contributed by atoms with Gasteiger partial charge in [-0.05, 0) is 78.2 Å². The SMILES string of the molecule is CC1(C)c2ccccc2-c2c(-c3ccc(-c4nc(-c5ccccc5)cc(-c5ccc(-c6cccc7ccccc67)cc5)n4)c4ccccc34)cccc21. The van der Waals surface area contributed by atoms with Gasteiger partial charge in [-0.3, -0.25) is 0 Å². The highest BCUT2D eigenvalue weighted by molar-refractivity contribution is 6.07. The highest BCUT2D eigenvalue weighted by Gasteiger charge is 2.36. The van der Waals surface area contributed by atoms with Gasteiger partial charge in [0.1, 0.15) is 0 Å². The molecule has 0 aliphatic heterocycles. The number of aromatic nitrogens is 2. The molecule has 0 N–H and O–H groups in total. The van der Waals surface area contributed by atoms with Crippen LogP contribution < -0.4 is 0 Å². The summed E-state index contributed by atoms with van der Waals surface area (Å²) in [5.74, 6) is 0.715. The maximum atomic E-state index is 5.30. The first kappa shape index (κ1) is 31.1. The quantitative estimate of drug-likeness (QED) is 0.181. The van der Waals surface area contributed by atoms with E-state index < -0.39 is 0 Å². The average molecular weight is 677 g/mol. The van der Waals surface area contributed by atoms with Crippen molar-refractivity contribution in [3.8, 4) is 67.3 Å². The molecule has 0 fully saturated rings. The summed E-state index contributed by atoms with van der Waals surface area (Å²) >= 11 is 0. The van der Waals surface area contributed by atoms with E-state index in [0.29, 0.717) is 5.82 Å². The second-order valence-electron chi connectivity index (χ2n) is 14.5. The molecular formula is C51H36N2. The molecule has 9 aromatic rings. The van der Waals surface area contributed by atoms with Gasteiger partial charge in [-0.2, -0.15) is 0 Å². The molecule has 0 radical (unpaired) electrons. The second-order valence-corrected chi connectivity index (χ2v) is 14.5. The minimum atomic E-state index is -0.0626. The van der Waals surface area contributed by atoms with Gasteiger partial charge in [-0.15, -0.1) is 0 Å². The first-order valence-corrected chi connectivity index (χ1v) is 18.3. The summed E-state index contributed by atoms with van der Waals surface area (Å²) in [7, 11) is 0. The highest BCUT2D eigenvalue weighted by atomic mass is 14.9. The molecular weight excluding hydrogens is 641 g/mol. The number of hydrogen-bond donors (Lipinski definition) is 0. The summed E-state index contributed by atoms with van der Waals surface area (Å²) in [4.78, 5) is 10.5. The van der Waals surface area contributed by atoms with E-state index in [2.05, 4.69) is 190 Å². The van der Waals surface area contributed by atoms with Gasteiger partial charge < -0.3 is 0 Å². The van der Waals surface area contributed by atoms with E-state index in [4.69, 9.17) is 9.97 Å². The van der Waals surface area contributed by atoms with Crippen molar-refractivity contribution in [2.45, 2.75) is 19.3 Å². The molecule has 0 spiro atoms. The van der Waals surface area contributed by atoms with E-state index in [0.717, 1.165) is 33.5 Å². The number of rotatable bonds is 5. The van der Waals surface area contributed by atoms with Crippen molar-refractivity contribution in [1.82, 2.24) is 9.97 Å². The molecule has 53 heavy (non-hydrogen) atoms. The smallest absolute Gasteiger partial charge is 0.161 e. The lowest BCUT2D eigenvalue weighted by Gasteiger charge is -2.21. The van der Waals surface area contributed by atoms with Crippen LogP contribution in [0.4, 0.5) is 0 Å². The zero-order chi connectivity index (χ0) is 35.5. The molecule has 2 nitrogen and oxygen atoms in total.